The number of fused-ring (bicyclic) bond motifs is 12. The van der Waals surface area contributed by atoms with Crippen LogP contribution in [0.1, 0.15) is 47.2 Å². The molecule has 10 rings (SSSR count). The second kappa shape index (κ2) is 9.82. The molecular formula is C46H33NO. The van der Waals surface area contributed by atoms with Gasteiger partial charge >= 0.3 is 0 Å². The van der Waals surface area contributed by atoms with Crippen molar-refractivity contribution in [3.8, 4) is 33.8 Å². The van der Waals surface area contributed by atoms with E-state index in [2.05, 4.69) is 183 Å². The SMILES string of the molecule is CC1(C)c2ccccc2-c2ccc(N(c3ccccc3)c3ccc4c(c3)C3(c5ccccc5Oc5ccccc53)c3ccccc3-4)cc21. The minimum atomic E-state index is -0.517. The van der Waals surface area contributed by atoms with Crippen molar-refractivity contribution in [2.75, 3.05) is 4.90 Å². The van der Waals surface area contributed by atoms with E-state index in [0.29, 0.717) is 0 Å². The highest BCUT2D eigenvalue weighted by atomic mass is 16.5. The molecule has 0 atom stereocenters. The lowest BCUT2D eigenvalue weighted by molar-refractivity contribution is 0.436. The molecule has 0 amide bonds. The van der Waals surface area contributed by atoms with E-state index in [1.165, 1.54) is 55.6 Å². The number of rotatable bonds is 3. The van der Waals surface area contributed by atoms with Gasteiger partial charge in [-0.25, -0.2) is 0 Å². The number of ether oxygens (including phenoxy) is 1. The van der Waals surface area contributed by atoms with Crippen LogP contribution in [0.3, 0.4) is 0 Å². The number of nitrogens with zero attached hydrogens (tertiary/aromatic N) is 1. The van der Waals surface area contributed by atoms with Crippen LogP contribution in [0.25, 0.3) is 22.3 Å². The Hall–Kier alpha value is -5.86. The molecule has 0 N–H and O–H groups in total. The van der Waals surface area contributed by atoms with Crippen molar-refractivity contribution in [2.45, 2.75) is 24.7 Å². The Labute approximate surface area is 281 Å². The summed E-state index contributed by atoms with van der Waals surface area (Å²) in [5.41, 5.74) is 15.7. The predicted octanol–water partition coefficient (Wildman–Crippen LogP) is 11.9. The van der Waals surface area contributed by atoms with Gasteiger partial charge in [-0.3, -0.25) is 0 Å². The van der Waals surface area contributed by atoms with E-state index in [1.807, 2.05) is 0 Å². The van der Waals surface area contributed by atoms with E-state index >= 15 is 0 Å². The van der Waals surface area contributed by atoms with Crippen LogP contribution < -0.4 is 9.64 Å². The lowest BCUT2D eigenvalue weighted by Gasteiger charge is -2.39. The standard InChI is InChI=1S/C46H33NO/c1-45(2)37-18-8-6-16-33(37)35-26-24-31(28-41(35)45)47(30-14-4-3-5-15-30)32-25-27-36-34-17-7-9-19-38(34)46(42(36)29-32)39-20-10-12-22-43(39)48-44-23-13-11-21-40(44)46/h3-29H,1-2H3. The first-order valence-electron chi connectivity index (χ1n) is 16.8. The van der Waals surface area contributed by atoms with Gasteiger partial charge in [0.25, 0.3) is 0 Å². The highest BCUT2D eigenvalue weighted by Crippen LogP contribution is 2.62. The molecule has 2 aliphatic carbocycles. The van der Waals surface area contributed by atoms with Crippen molar-refractivity contribution in [1.82, 2.24) is 0 Å². The smallest absolute Gasteiger partial charge is 0.132 e. The maximum absolute atomic E-state index is 6.59. The molecule has 0 saturated heterocycles. The Balaban J connectivity index is 1.24. The van der Waals surface area contributed by atoms with Gasteiger partial charge < -0.3 is 9.64 Å². The van der Waals surface area contributed by atoms with Gasteiger partial charge in [-0.1, -0.05) is 129 Å². The molecule has 0 unspecified atom stereocenters. The maximum atomic E-state index is 6.59. The van der Waals surface area contributed by atoms with Crippen LogP contribution in [0.4, 0.5) is 17.1 Å². The molecule has 1 spiro atoms. The molecule has 7 aromatic carbocycles. The third kappa shape index (κ3) is 3.52. The zero-order valence-corrected chi connectivity index (χ0v) is 26.9. The van der Waals surface area contributed by atoms with E-state index in [9.17, 15) is 0 Å². The third-order valence-electron chi connectivity index (χ3n) is 10.9. The first-order chi connectivity index (χ1) is 23.6. The van der Waals surface area contributed by atoms with Gasteiger partial charge in [0.2, 0.25) is 0 Å². The highest BCUT2D eigenvalue weighted by molar-refractivity contribution is 5.92. The van der Waals surface area contributed by atoms with Crippen molar-refractivity contribution in [2.24, 2.45) is 0 Å². The molecule has 0 saturated carbocycles. The lowest BCUT2D eigenvalue weighted by Crippen LogP contribution is -2.32. The molecule has 228 valence electrons. The summed E-state index contributed by atoms with van der Waals surface area (Å²) in [5.74, 6) is 1.81. The quantitative estimate of drug-likeness (QED) is 0.196. The predicted molar refractivity (Wildman–Crippen MR) is 196 cm³/mol. The summed E-state index contributed by atoms with van der Waals surface area (Å²) < 4.78 is 6.59. The Kier molecular flexibility index (Phi) is 5.58. The van der Waals surface area contributed by atoms with E-state index < -0.39 is 5.41 Å². The molecule has 3 aliphatic rings. The Morgan fingerprint density at radius 2 is 0.833 bits per heavy atom. The second-order valence-electron chi connectivity index (χ2n) is 13.7. The van der Waals surface area contributed by atoms with Gasteiger partial charge in [-0.15, -0.1) is 0 Å². The van der Waals surface area contributed by atoms with Crippen LogP contribution in [0.15, 0.2) is 164 Å². The fourth-order valence-corrected chi connectivity index (χ4v) is 8.84. The van der Waals surface area contributed by atoms with Gasteiger partial charge in [-0.2, -0.15) is 0 Å². The van der Waals surface area contributed by atoms with E-state index in [-0.39, 0.29) is 5.41 Å². The van der Waals surface area contributed by atoms with Crippen LogP contribution in [0, 0.1) is 0 Å². The van der Waals surface area contributed by atoms with Crippen LogP contribution in [0.5, 0.6) is 11.5 Å². The van der Waals surface area contributed by atoms with Gasteiger partial charge in [0, 0.05) is 33.6 Å². The van der Waals surface area contributed by atoms with Gasteiger partial charge in [0.1, 0.15) is 11.5 Å². The zero-order chi connectivity index (χ0) is 32.0. The fourth-order valence-electron chi connectivity index (χ4n) is 8.84. The zero-order valence-electron chi connectivity index (χ0n) is 26.9. The first-order valence-corrected chi connectivity index (χ1v) is 16.8. The third-order valence-corrected chi connectivity index (χ3v) is 10.9. The van der Waals surface area contributed by atoms with E-state index in [4.69, 9.17) is 4.74 Å². The summed E-state index contributed by atoms with van der Waals surface area (Å²) in [7, 11) is 0. The number of hydrogen-bond acceptors (Lipinski definition) is 2. The molecule has 1 aliphatic heterocycles. The molecule has 7 aromatic rings. The molecule has 1 heterocycles. The molecule has 0 radical (unpaired) electrons. The van der Waals surface area contributed by atoms with Crippen molar-refractivity contribution in [3.05, 3.63) is 197 Å². The molecule has 48 heavy (non-hydrogen) atoms. The molecule has 0 bridgehead atoms. The summed E-state index contributed by atoms with van der Waals surface area (Å²) in [6, 6.07) is 59.8. The summed E-state index contributed by atoms with van der Waals surface area (Å²) in [4.78, 5) is 2.42. The monoisotopic (exact) mass is 615 g/mol. The molecule has 2 heteroatoms. The van der Waals surface area contributed by atoms with E-state index in [0.717, 1.165) is 28.6 Å². The molecule has 2 nitrogen and oxygen atoms in total. The van der Waals surface area contributed by atoms with Crippen molar-refractivity contribution >= 4 is 17.1 Å². The van der Waals surface area contributed by atoms with Crippen molar-refractivity contribution in [3.63, 3.8) is 0 Å². The van der Waals surface area contributed by atoms with E-state index in [1.54, 1.807) is 0 Å². The number of para-hydroxylation sites is 3. The molecular weight excluding hydrogens is 583 g/mol. The molecule has 0 fully saturated rings. The summed E-state index contributed by atoms with van der Waals surface area (Å²) >= 11 is 0. The average molecular weight is 616 g/mol. The van der Waals surface area contributed by atoms with Gasteiger partial charge in [0.05, 0.1) is 5.41 Å². The first kappa shape index (κ1) is 27.3. The Morgan fingerprint density at radius 3 is 1.48 bits per heavy atom. The summed E-state index contributed by atoms with van der Waals surface area (Å²) in [6.07, 6.45) is 0. The number of benzene rings is 7. The average Bonchev–Trinajstić information content (AvgIpc) is 3.55. The lowest BCUT2D eigenvalue weighted by atomic mass is 9.66. The number of hydrogen-bond donors (Lipinski definition) is 0. The van der Waals surface area contributed by atoms with Crippen molar-refractivity contribution < 1.29 is 4.74 Å². The molecule has 0 aromatic heterocycles. The normalized spacial score (nSPS) is 15.0. The maximum Gasteiger partial charge on any atom is 0.132 e. The van der Waals surface area contributed by atoms with Gasteiger partial charge in [0.15, 0.2) is 0 Å². The van der Waals surface area contributed by atoms with Gasteiger partial charge in [-0.05, 0) is 93.0 Å². The van der Waals surface area contributed by atoms with Crippen LogP contribution in [-0.4, -0.2) is 0 Å². The minimum absolute atomic E-state index is 0.0938. The summed E-state index contributed by atoms with van der Waals surface area (Å²) in [5, 5.41) is 0. The van der Waals surface area contributed by atoms with Crippen LogP contribution in [-0.2, 0) is 10.8 Å². The van der Waals surface area contributed by atoms with Crippen LogP contribution in [0.2, 0.25) is 0 Å². The van der Waals surface area contributed by atoms with Crippen molar-refractivity contribution in [1.29, 1.82) is 0 Å². The van der Waals surface area contributed by atoms with Crippen LogP contribution >= 0.6 is 0 Å². The largest absolute Gasteiger partial charge is 0.457 e. The minimum Gasteiger partial charge on any atom is -0.457 e. The second-order valence-corrected chi connectivity index (χ2v) is 13.7. The Bertz CT molecular complexity index is 2370. The number of anilines is 3. The topological polar surface area (TPSA) is 12.5 Å². The highest BCUT2D eigenvalue weighted by Gasteiger charge is 2.51. The fraction of sp³-hybridized carbons (Fsp3) is 0.0870. The Morgan fingerprint density at radius 1 is 0.375 bits per heavy atom. The summed E-state index contributed by atoms with van der Waals surface area (Å²) in [6.45, 7) is 4.70.